The Kier molecular flexibility index (Phi) is 3.66. The monoisotopic (exact) mass is 294 g/mol. The zero-order valence-corrected chi connectivity index (χ0v) is 12.2. The van der Waals surface area contributed by atoms with Gasteiger partial charge in [-0.25, -0.2) is 9.67 Å². The Morgan fingerprint density at radius 1 is 1.47 bits per heavy atom. The first-order valence-corrected chi connectivity index (χ1v) is 7.69. The molecule has 3 rings (SSSR count). The largest absolute Gasteiger partial charge is 0.379 e. The van der Waals surface area contributed by atoms with Crippen LogP contribution < -0.4 is 5.32 Å². The lowest BCUT2D eigenvalue weighted by molar-refractivity contribution is 0.721. The van der Waals surface area contributed by atoms with E-state index in [0.29, 0.717) is 11.3 Å². The van der Waals surface area contributed by atoms with Crippen molar-refractivity contribution in [3.63, 3.8) is 0 Å². The standard InChI is InChI=1S/C13H15ClN4S/c1-9-11(4-5-19-9)17-12-6-10(14)2-3-13(12)18-8-15-7-16-18/h2-3,6-9,11,17H,4-5H2,1H3. The van der Waals surface area contributed by atoms with Gasteiger partial charge in [0.05, 0.1) is 11.4 Å². The first-order valence-electron chi connectivity index (χ1n) is 6.27. The van der Waals surface area contributed by atoms with Gasteiger partial charge in [0.2, 0.25) is 0 Å². The van der Waals surface area contributed by atoms with Gasteiger partial charge in [0.1, 0.15) is 12.7 Å². The minimum atomic E-state index is 0.478. The quantitative estimate of drug-likeness (QED) is 0.944. The van der Waals surface area contributed by atoms with Crippen LogP contribution in [-0.4, -0.2) is 31.8 Å². The van der Waals surface area contributed by atoms with Gasteiger partial charge in [0.15, 0.2) is 0 Å². The maximum absolute atomic E-state index is 6.11. The summed E-state index contributed by atoms with van der Waals surface area (Å²) in [4.78, 5) is 4.00. The first kappa shape index (κ1) is 12.8. The van der Waals surface area contributed by atoms with E-state index in [0.717, 1.165) is 16.4 Å². The fraction of sp³-hybridized carbons (Fsp3) is 0.385. The van der Waals surface area contributed by atoms with E-state index < -0.39 is 0 Å². The Labute approximate surface area is 121 Å². The summed E-state index contributed by atoms with van der Waals surface area (Å²) < 4.78 is 1.76. The molecule has 19 heavy (non-hydrogen) atoms. The molecule has 0 radical (unpaired) electrons. The van der Waals surface area contributed by atoms with Gasteiger partial charge in [-0.1, -0.05) is 18.5 Å². The van der Waals surface area contributed by atoms with Crippen molar-refractivity contribution < 1.29 is 0 Å². The number of hydrogen-bond acceptors (Lipinski definition) is 4. The van der Waals surface area contributed by atoms with Gasteiger partial charge < -0.3 is 5.32 Å². The molecule has 6 heteroatoms. The Morgan fingerprint density at radius 3 is 3.05 bits per heavy atom. The minimum absolute atomic E-state index is 0.478. The molecule has 2 unspecified atom stereocenters. The number of nitrogens with one attached hydrogen (secondary N) is 1. The molecule has 2 atom stereocenters. The van der Waals surface area contributed by atoms with Crippen molar-refractivity contribution in [1.29, 1.82) is 0 Å². The summed E-state index contributed by atoms with van der Waals surface area (Å²) in [5.41, 5.74) is 1.99. The van der Waals surface area contributed by atoms with Crippen LogP contribution in [0.15, 0.2) is 30.9 Å². The molecule has 0 aliphatic carbocycles. The highest BCUT2D eigenvalue weighted by Crippen LogP contribution is 2.31. The van der Waals surface area contributed by atoms with Crippen LogP contribution in [0.5, 0.6) is 0 Å². The molecule has 0 bridgehead atoms. The second kappa shape index (κ2) is 5.43. The number of nitrogens with zero attached hydrogens (tertiary/aromatic N) is 3. The lowest BCUT2D eigenvalue weighted by Crippen LogP contribution is -2.25. The highest BCUT2D eigenvalue weighted by Gasteiger charge is 2.24. The lowest BCUT2D eigenvalue weighted by atomic mass is 10.1. The maximum atomic E-state index is 6.11. The van der Waals surface area contributed by atoms with E-state index in [-0.39, 0.29) is 0 Å². The summed E-state index contributed by atoms with van der Waals surface area (Å²) in [7, 11) is 0. The number of benzene rings is 1. The number of rotatable bonds is 3. The second-order valence-electron chi connectivity index (χ2n) is 4.62. The van der Waals surface area contributed by atoms with Crippen molar-refractivity contribution in [3.05, 3.63) is 35.9 Å². The zero-order valence-electron chi connectivity index (χ0n) is 10.6. The van der Waals surface area contributed by atoms with Gasteiger partial charge in [-0.15, -0.1) is 0 Å². The first-order chi connectivity index (χ1) is 9.24. The highest BCUT2D eigenvalue weighted by atomic mass is 35.5. The molecular weight excluding hydrogens is 280 g/mol. The van der Waals surface area contributed by atoms with E-state index in [4.69, 9.17) is 11.6 Å². The third kappa shape index (κ3) is 2.72. The Morgan fingerprint density at radius 2 is 2.37 bits per heavy atom. The molecule has 2 heterocycles. The molecule has 4 nitrogen and oxygen atoms in total. The predicted molar refractivity (Wildman–Crippen MR) is 80.3 cm³/mol. The molecule has 0 spiro atoms. The maximum Gasteiger partial charge on any atom is 0.138 e. The number of anilines is 1. The van der Waals surface area contributed by atoms with Crippen LogP contribution in [0.3, 0.4) is 0 Å². The van der Waals surface area contributed by atoms with Crippen molar-refractivity contribution in [2.45, 2.75) is 24.6 Å². The van der Waals surface area contributed by atoms with Crippen LogP contribution in [0.4, 0.5) is 5.69 Å². The Bertz CT molecular complexity index is 558. The summed E-state index contributed by atoms with van der Waals surface area (Å²) in [5, 5.41) is 9.12. The van der Waals surface area contributed by atoms with Gasteiger partial charge in [0.25, 0.3) is 0 Å². The second-order valence-corrected chi connectivity index (χ2v) is 6.54. The van der Waals surface area contributed by atoms with Crippen molar-refractivity contribution in [2.75, 3.05) is 11.1 Å². The van der Waals surface area contributed by atoms with E-state index in [9.17, 15) is 0 Å². The molecule has 1 aliphatic heterocycles. The summed E-state index contributed by atoms with van der Waals surface area (Å²) in [6.07, 6.45) is 4.41. The highest BCUT2D eigenvalue weighted by molar-refractivity contribution is 8.00. The molecule has 1 aliphatic rings. The molecule has 1 aromatic carbocycles. The average molecular weight is 295 g/mol. The van der Waals surface area contributed by atoms with Crippen LogP contribution >= 0.6 is 23.4 Å². The van der Waals surface area contributed by atoms with E-state index in [1.807, 2.05) is 30.0 Å². The molecule has 100 valence electrons. The molecule has 2 aromatic rings. The number of thioether (sulfide) groups is 1. The van der Waals surface area contributed by atoms with Crippen LogP contribution in [0, 0.1) is 0 Å². The van der Waals surface area contributed by atoms with Crippen LogP contribution in [-0.2, 0) is 0 Å². The summed E-state index contributed by atoms with van der Waals surface area (Å²) in [6, 6.07) is 6.27. The molecule has 1 aromatic heterocycles. The van der Waals surface area contributed by atoms with E-state index in [2.05, 4.69) is 22.3 Å². The van der Waals surface area contributed by atoms with Gasteiger partial charge in [0, 0.05) is 16.3 Å². The number of hydrogen-bond donors (Lipinski definition) is 1. The van der Waals surface area contributed by atoms with Crippen molar-refractivity contribution in [2.24, 2.45) is 0 Å². The topological polar surface area (TPSA) is 42.7 Å². The molecule has 1 N–H and O–H groups in total. The molecular formula is C13H15ClN4S. The fourth-order valence-electron chi connectivity index (χ4n) is 2.28. The third-order valence-electron chi connectivity index (χ3n) is 3.34. The lowest BCUT2D eigenvalue weighted by Gasteiger charge is -2.20. The SMILES string of the molecule is CC1SCCC1Nc1cc(Cl)ccc1-n1cncn1. The average Bonchev–Trinajstić information content (AvgIpc) is 3.03. The van der Waals surface area contributed by atoms with Crippen molar-refractivity contribution in [3.8, 4) is 5.69 Å². The van der Waals surface area contributed by atoms with E-state index >= 15 is 0 Å². The van der Waals surface area contributed by atoms with E-state index in [1.165, 1.54) is 18.5 Å². The van der Waals surface area contributed by atoms with Crippen molar-refractivity contribution >= 4 is 29.1 Å². The van der Waals surface area contributed by atoms with Crippen LogP contribution in [0.25, 0.3) is 5.69 Å². The molecule has 0 saturated carbocycles. The molecule has 1 saturated heterocycles. The summed E-state index contributed by atoms with van der Waals surface area (Å²) in [5.74, 6) is 1.21. The third-order valence-corrected chi connectivity index (χ3v) is 4.90. The number of halogens is 1. The fourth-order valence-corrected chi connectivity index (χ4v) is 3.65. The molecule has 0 amide bonds. The van der Waals surface area contributed by atoms with Gasteiger partial charge in [-0.2, -0.15) is 16.9 Å². The zero-order chi connectivity index (χ0) is 13.2. The Balaban J connectivity index is 1.92. The minimum Gasteiger partial charge on any atom is -0.379 e. The van der Waals surface area contributed by atoms with Crippen molar-refractivity contribution in [1.82, 2.24) is 14.8 Å². The Hall–Kier alpha value is -1.20. The van der Waals surface area contributed by atoms with Crippen LogP contribution in [0.1, 0.15) is 13.3 Å². The summed E-state index contributed by atoms with van der Waals surface area (Å²) >= 11 is 8.11. The normalized spacial score (nSPS) is 22.6. The number of aromatic nitrogens is 3. The smallest absolute Gasteiger partial charge is 0.138 e. The van der Waals surface area contributed by atoms with Crippen LogP contribution in [0.2, 0.25) is 5.02 Å². The molecule has 1 fully saturated rings. The van der Waals surface area contributed by atoms with Gasteiger partial charge in [-0.05, 0) is 30.4 Å². The predicted octanol–water partition coefficient (Wildman–Crippen LogP) is 3.23. The van der Waals surface area contributed by atoms with Gasteiger partial charge in [-0.3, -0.25) is 0 Å². The summed E-state index contributed by atoms with van der Waals surface area (Å²) in [6.45, 7) is 2.26. The van der Waals surface area contributed by atoms with Gasteiger partial charge >= 0.3 is 0 Å². The van der Waals surface area contributed by atoms with E-state index in [1.54, 1.807) is 11.0 Å².